The van der Waals surface area contributed by atoms with E-state index in [-0.39, 0.29) is 18.6 Å². The number of piperidine rings is 1. The zero-order chi connectivity index (χ0) is 18.6. The van der Waals surface area contributed by atoms with Gasteiger partial charge >= 0.3 is 0 Å². The van der Waals surface area contributed by atoms with E-state index in [0.717, 1.165) is 43.5 Å². The number of imidazole rings is 1. The van der Waals surface area contributed by atoms with Crippen LogP contribution >= 0.6 is 0 Å². The number of likely N-dealkylation sites (tertiary alicyclic amines) is 1. The maximum absolute atomic E-state index is 12.7. The van der Waals surface area contributed by atoms with Crippen LogP contribution in [0.15, 0.2) is 42.7 Å². The molecule has 1 amide bonds. The smallest absolute Gasteiger partial charge is 0.251 e. The summed E-state index contributed by atoms with van der Waals surface area (Å²) in [7, 11) is 0. The number of aromatic nitrogens is 3. The molecule has 3 aromatic rings. The topological polar surface area (TPSA) is 94.1 Å². The van der Waals surface area contributed by atoms with Crippen molar-refractivity contribution in [3.8, 4) is 0 Å². The number of aliphatic hydroxyl groups is 1. The summed E-state index contributed by atoms with van der Waals surface area (Å²) in [4.78, 5) is 26.5. The number of aromatic amines is 1. The van der Waals surface area contributed by atoms with Crippen LogP contribution in [0.1, 0.15) is 34.6 Å². The van der Waals surface area contributed by atoms with E-state index >= 15 is 0 Å². The Balaban J connectivity index is 1.39. The molecule has 1 aromatic carbocycles. The average Bonchev–Trinajstić information content (AvgIpc) is 3.11. The number of carbonyl (C=O) groups excluding carboxylic acids is 1. The molecule has 1 unspecified atom stereocenters. The maximum Gasteiger partial charge on any atom is 0.251 e. The number of benzene rings is 1. The zero-order valence-electron chi connectivity index (χ0n) is 15.1. The van der Waals surface area contributed by atoms with Gasteiger partial charge in [-0.25, -0.2) is 4.98 Å². The van der Waals surface area contributed by atoms with E-state index in [9.17, 15) is 9.90 Å². The Bertz CT molecular complexity index is 925. The number of pyridine rings is 1. The van der Waals surface area contributed by atoms with Gasteiger partial charge in [0.15, 0.2) is 0 Å². The summed E-state index contributed by atoms with van der Waals surface area (Å²) in [5, 5.41) is 12.3. The van der Waals surface area contributed by atoms with E-state index in [1.54, 1.807) is 24.4 Å². The zero-order valence-corrected chi connectivity index (χ0v) is 15.1. The number of rotatable bonds is 5. The Labute approximate surface area is 157 Å². The number of nitrogens with one attached hydrogen (secondary N) is 2. The Hall–Kier alpha value is -2.77. The lowest BCUT2D eigenvalue weighted by molar-refractivity contribution is 0.0901. The van der Waals surface area contributed by atoms with Crippen molar-refractivity contribution in [2.24, 2.45) is 0 Å². The quantitative estimate of drug-likeness (QED) is 0.641. The predicted molar refractivity (Wildman–Crippen MR) is 102 cm³/mol. The molecule has 1 atom stereocenters. The Morgan fingerprint density at radius 2 is 2.30 bits per heavy atom. The highest BCUT2D eigenvalue weighted by atomic mass is 16.3. The molecule has 3 heterocycles. The van der Waals surface area contributed by atoms with Gasteiger partial charge in [0, 0.05) is 37.1 Å². The van der Waals surface area contributed by atoms with Crippen LogP contribution in [0.5, 0.6) is 0 Å². The third-order valence-electron chi connectivity index (χ3n) is 4.91. The van der Waals surface area contributed by atoms with Gasteiger partial charge < -0.3 is 15.4 Å². The van der Waals surface area contributed by atoms with Crippen molar-refractivity contribution < 1.29 is 9.90 Å². The fourth-order valence-electron chi connectivity index (χ4n) is 3.61. The van der Waals surface area contributed by atoms with Gasteiger partial charge in [0.2, 0.25) is 0 Å². The molecule has 4 rings (SSSR count). The number of hydrogen-bond acceptors (Lipinski definition) is 5. The van der Waals surface area contributed by atoms with Crippen LogP contribution < -0.4 is 5.32 Å². The fourth-order valence-corrected chi connectivity index (χ4v) is 3.61. The largest absolute Gasteiger partial charge is 0.388 e. The van der Waals surface area contributed by atoms with Crippen molar-refractivity contribution in [3.63, 3.8) is 0 Å². The van der Waals surface area contributed by atoms with Crippen molar-refractivity contribution in [2.75, 3.05) is 13.1 Å². The minimum absolute atomic E-state index is 0.0784. The van der Waals surface area contributed by atoms with Gasteiger partial charge in [0.25, 0.3) is 5.91 Å². The molecule has 0 aliphatic carbocycles. The highest BCUT2D eigenvalue weighted by Crippen LogP contribution is 2.16. The van der Waals surface area contributed by atoms with Gasteiger partial charge in [-0.3, -0.25) is 14.7 Å². The number of H-pyrrole nitrogens is 1. The molecule has 1 aliphatic rings. The van der Waals surface area contributed by atoms with Gasteiger partial charge in [-0.05, 0) is 49.2 Å². The fraction of sp³-hybridized carbons (Fsp3) is 0.350. The summed E-state index contributed by atoms with van der Waals surface area (Å²) >= 11 is 0. The van der Waals surface area contributed by atoms with Crippen LogP contribution in [0.4, 0.5) is 0 Å². The summed E-state index contributed by atoms with van der Waals surface area (Å²) in [6, 6.07) is 9.52. The molecule has 7 heteroatoms. The van der Waals surface area contributed by atoms with E-state index in [0.29, 0.717) is 11.4 Å². The minimum atomic E-state index is -0.148. The second-order valence-corrected chi connectivity index (χ2v) is 6.98. The number of hydrogen-bond donors (Lipinski definition) is 3. The van der Waals surface area contributed by atoms with E-state index < -0.39 is 0 Å². The number of nitrogens with zero attached hydrogens (tertiary/aromatic N) is 3. The molecule has 2 aromatic heterocycles. The second-order valence-electron chi connectivity index (χ2n) is 6.98. The molecule has 140 valence electrons. The normalized spacial score (nSPS) is 17.9. The second kappa shape index (κ2) is 7.85. The number of fused-ring (bicyclic) bond motifs is 1. The van der Waals surface area contributed by atoms with E-state index in [1.165, 1.54) is 5.56 Å². The van der Waals surface area contributed by atoms with Crippen molar-refractivity contribution in [1.29, 1.82) is 0 Å². The molecule has 1 fully saturated rings. The van der Waals surface area contributed by atoms with Crippen LogP contribution in [0, 0.1) is 0 Å². The van der Waals surface area contributed by atoms with Gasteiger partial charge in [-0.15, -0.1) is 0 Å². The van der Waals surface area contributed by atoms with Crippen LogP contribution in [0.25, 0.3) is 11.0 Å². The Morgan fingerprint density at radius 3 is 3.11 bits per heavy atom. The first-order valence-corrected chi connectivity index (χ1v) is 9.23. The molecule has 7 nitrogen and oxygen atoms in total. The van der Waals surface area contributed by atoms with Crippen molar-refractivity contribution in [2.45, 2.75) is 32.0 Å². The number of amides is 1. The molecule has 1 aliphatic heterocycles. The SMILES string of the molecule is O=C(NC1CCCN(Cc2cccnc2)C1)c1ccc2nc(CO)[nH]c2c1. The number of carbonyl (C=O) groups is 1. The summed E-state index contributed by atoms with van der Waals surface area (Å²) in [6.07, 6.45) is 5.71. The maximum atomic E-state index is 12.7. The summed E-state index contributed by atoms with van der Waals surface area (Å²) in [5.74, 6) is 0.422. The van der Waals surface area contributed by atoms with Gasteiger partial charge in [0.05, 0.1) is 11.0 Å². The van der Waals surface area contributed by atoms with Crippen molar-refractivity contribution >= 4 is 16.9 Å². The molecule has 1 saturated heterocycles. The van der Waals surface area contributed by atoms with Crippen molar-refractivity contribution in [1.82, 2.24) is 25.2 Å². The molecule has 0 spiro atoms. The van der Waals surface area contributed by atoms with Crippen LogP contribution in [-0.2, 0) is 13.2 Å². The van der Waals surface area contributed by atoms with Crippen LogP contribution in [-0.4, -0.2) is 50.0 Å². The van der Waals surface area contributed by atoms with Gasteiger partial charge in [-0.1, -0.05) is 6.07 Å². The monoisotopic (exact) mass is 365 g/mol. The first-order chi connectivity index (χ1) is 13.2. The Morgan fingerprint density at radius 1 is 1.37 bits per heavy atom. The molecular weight excluding hydrogens is 342 g/mol. The third kappa shape index (κ3) is 4.15. The van der Waals surface area contributed by atoms with Gasteiger partial charge in [-0.2, -0.15) is 0 Å². The first kappa shape index (κ1) is 17.6. The third-order valence-corrected chi connectivity index (χ3v) is 4.91. The van der Waals surface area contributed by atoms with E-state index in [4.69, 9.17) is 0 Å². The molecule has 27 heavy (non-hydrogen) atoms. The van der Waals surface area contributed by atoms with Crippen molar-refractivity contribution in [3.05, 3.63) is 59.7 Å². The van der Waals surface area contributed by atoms with Crippen LogP contribution in [0.3, 0.4) is 0 Å². The molecule has 0 bridgehead atoms. The average molecular weight is 365 g/mol. The highest BCUT2D eigenvalue weighted by Gasteiger charge is 2.22. The first-order valence-electron chi connectivity index (χ1n) is 9.23. The van der Waals surface area contributed by atoms with Crippen LogP contribution in [0.2, 0.25) is 0 Å². The standard InChI is InChI=1S/C20H23N5O2/c26-13-19-23-17-6-5-15(9-18(17)24-19)20(27)22-16-4-2-8-25(12-16)11-14-3-1-7-21-10-14/h1,3,5-7,9-10,16,26H,2,4,8,11-13H2,(H,22,27)(H,23,24). The molecule has 3 N–H and O–H groups in total. The predicted octanol–water partition coefficient (Wildman–Crippen LogP) is 1.84. The van der Waals surface area contributed by atoms with Gasteiger partial charge in [0.1, 0.15) is 12.4 Å². The molecule has 0 radical (unpaired) electrons. The Kier molecular flexibility index (Phi) is 5.13. The molecular formula is C20H23N5O2. The summed E-state index contributed by atoms with van der Waals surface area (Å²) in [5.41, 5.74) is 3.29. The molecule has 0 saturated carbocycles. The lowest BCUT2D eigenvalue weighted by Crippen LogP contribution is -2.47. The minimum Gasteiger partial charge on any atom is -0.388 e. The lowest BCUT2D eigenvalue weighted by Gasteiger charge is -2.33. The van der Waals surface area contributed by atoms with E-state index in [2.05, 4.69) is 31.2 Å². The summed E-state index contributed by atoms with van der Waals surface area (Å²) in [6.45, 7) is 2.57. The lowest BCUT2D eigenvalue weighted by atomic mass is 10.0. The van der Waals surface area contributed by atoms with E-state index in [1.807, 2.05) is 12.3 Å². The number of aliphatic hydroxyl groups excluding tert-OH is 1. The highest BCUT2D eigenvalue weighted by molar-refractivity contribution is 5.97. The summed E-state index contributed by atoms with van der Waals surface area (Å²) < 4.78 is 0.